The summed E-state index contributed by atoms with van der Waals surface area (Å²) >= 11 is 0. The first kappa shape index (κ1) is 16.8. The molecular formula is C19H27N3O3. The number of hydrazine groups is 1. The number of amides is 1. The van der Waals surface area contributed by atoms with Crippen LogP contribution in [0.1, 0.15) is 42.5 Å². The van der Waals surface area contributed by atoms with Gasteiger partial charge in [0, 0.05) is 25.2 Å². The van der Waals surface area contributed by atoms with E-state index in [4.69, 9.17) is 9.47 Å². The standard InChI is InChI=1S/C19H27N3O3/c23-19(21-14-7-8-17-13(10-14)11-20-22-17)16-5-1-2-6-18(16)25-12-15-4-3-9-24-15/h1-2,5-6,13-15,17,20,22H,3-4,7-12H2,(H,21,23). The van der Waals surface area contributed by atoms with Crippen LogP contribution in [0.25, 0.3) is 0 Å². The number of ether oxygens (including phenoxy) is 2. The minimum Gasteiger partial charge on any atom is -0.490 e. The van der Waals surface area contributed by atoms with Crippen LogP contribution in [0.2, 0.25) is 0 Å². The van der Waals surface area contributed by atoms with Gasteiger partial charge in [-0.25, -0.2) is 0 Å². The molecule has 0 radical (unpaired) electrons. The number of nitrogens with one attached hydrogen (secondary N) is 3. The van der Waals surface area contributed by atoms with Crippen molar-refractivity contribution in [1.29, 1.82) is 0 Å². The number of fused-ring (bicyclic) bond motifs is 1. The summed E-state index contributed by atoms with van der Waals surface area (Å²) in [5, 5.41) is 3.21. The fourth-order valence-corrected chi connectivity index (χ4v) is 4.13. The summed E-state index contributed by atoms with van der Waals surface area (Å²) in [6.07, 6.45) is 5.40. The average molecular weight is 345 g/mol. The van der Waals surface area contributed by atoms with E-state index in [2.05, 4.69) is 16.2 Å². The molecule has 0 spiro atoms. The Morgan fingerprint density at radius 2 is 2.20 bits per heavy atom. The van der Waals surface area contributed by atoms with Crippen LogP contribution in [0.3, 0.4) is 0 Å². The van der Waals surface area contributed by atoms with E-state index < -0.39 is 0 Å². The number of benzene rings is 1. The number of carbonyl (C=O) groups excluding carboxylic acids is 1. The molecule has 2 heterocycles. The first-order chi connectivity index (χ1) is 12.3. The van der Waals surface area contributed by atoms with Crippen LogP contribution in [-0.2, 0) is 4.74 Å². The fourth-order valence-electron chi connectivity index (χ4n) is 4.13. The molecule has 3 aliphatic rings. The molecule has 1 amide bonds. The van der Waals surface area contributed by atoms with Crippen LogP contribution < -0.4 is 20.9 Å². The Morgan fingerprint density at radius 1 is 1.28 bits per heavy atom. The largest absolute Gasteiger partial charge is 0.490 e. The molecular weight excluding hydrogens is 318 g/mol. The van der Waals surface area contributed by atoms with Gasteiger partial charge in [-0.05, 0) is 50.2 Å². The Hall–Kier alpha value is -1.63. The SMILES string of the molecule is O=C(NC1CCC2NNCC2C1)c1ccccc1OCC1CCCO1. The lowest BCUT2D eigenvalue weighted by atomic mass is 9.83. The molecule has 0 aromatic heterocycles. The summed E-state index contributed by atoms with van der Waals surface area (Å²) in [5.74, 6) is 1.21. The fraction of sp³-hybridized carbons (Fsp3) is 0.632. The Balaban J connectivity index is 1.36. The highest BCUT2D eigenvalue weighted by molar-refractivity contribution is 5.97. The van der Waals surface area contributed by atoms with Gasteiger partial charge in [-0.2, -0.15) is 0 Å². The molecule has 4 atom stereocenters. The molecule has 136 valence electrons. The minimum absolute atomic E-state index is 0.0368. The van der Waals surface area contributed by atoms with Crippen molar-refractivity contribution < 1.29 is 14.3 Å². The highest BCUT2D eigenvalue weighted by Crippen LogP contribution is 2.27. The Labute approximate surface area is 148 Å². The second-order valence-electron chi connectivity index (χ2n) is 7.32. The van der Waals surface area contributed by atoms with Crippen molar-refractivity contribution in [2.24, 2.45) is 5.92 Å². The minimum atomic E-state index is -0.0368. The molecule has 25 heavy (non-hydrogen) atoms. The van der Waals surface area contributed by atoms with Crippen molar-refractivity contribution in [2.45, 2.75) is 50.3 Å². The Bertz CT molecular complexity index is 603. The summed E-state index contributed by atoms with van der Waals surface area (Å²) in [7, 11) is 0. The third-order valence-electron chi connectivity index (χ3n) is 5.55. The molecule has 1 aliphatic carbocycles. The van der Waals surface area contributed by atoms with Gasteiger partial charge in [-0.1, -0.05) is 12.1 Å². The third kappa shape index (κ3) is 3.97. The smallest absolute Gasteiger partial charge is 0.255 e. The van der Waals surface area contributed by atoms with Crippen LogP contribution in [0.5, 0.6) is 5.75 Å². The van der Waals surface area contributed by atoms with E-state index in [9.17, 15) is 4.79 Å². The van der Waals surface area contributed by atoms with Crippen molar-refractivity contribution in [3.8, 4) is 5.75 Å². The topological polar surface area (TPSA) is 71.6 Å². The lowest BCUT2D eigenvalue weighted by Gasteiger charge is -2.31. The van der Waals surface area contributed by atoms with Crippen molar-refractivity contribution in [1.82, 2.24) is 16.2 Å². The summed E-state index contributed by atoms with van der Waals surface area (Å²) in [4.78, 5) is 12.8. The molecule has 4 unspecified atom stereocenters. The summed E-state index contributed by atoms with van der Waals surface area (Å²) in [6.45, 7) is 2.30. The molecule has 3 fully saturated rings. The molecule has 3 N–H and O–H groups in total. The zero-order valence-corrected chi connectivity index (χ0v) is 14.5. The zero-order valence-electron chi connectivity index (χ0n) is 14.5. The molecule has 2 saturated heterocycles. The van der Waals surface area contributed by atoms with Gasteiger partial charge in [0.05, 0.1) is 11.7 Å². The van der Waals surface area contributed by atoms with E-state index >= 15 is 0 Å². The van der Waals surface area contributed by atoms with Crippen LogP contribution in [0.4, 0.5) is 0 Å². The Morgan fingerprint density at radius 3 is 3.08 bits per heavy atom. The van der Waals surface area contributed by atoms with Crippen molar-refractivity contribution in [3.05, 3.63) is 29.8 Å². The number of rotatable bonds is 5. The highest BCUT2D eigenvalue weighted by atomic mass is 16.5. The quantitative estimate of drug-likeness (QED) is 0.756. The summed E-state index contributed by atoms with van der Waals surface area (Å²) in [5.41, 5.74) is 7.17. The molecule has 1 aromatic rings. The van der Waals surface area contributed by atoms with E-state index in [1.54, 1.807) is 0 Å². The van der Waals surface area contributed by atoms with Gasteiger partial charge in [-0.15, -0.1) is 0 Å². The van der Waals surface area contributed by atoms with Crippen LogP contribution >= 0.6 is 0 Å². The van der Waals surface area contributed by atoms with Crippen molar-refractivity contribution in [2.75, 3.05) is 19.8 Å². The second kappa shape index (κ2) is 7.72. The lowest BCUT2D eigenvalue weighted by Crippen LogP contribution is -2.44. The number of hydrogen-bond acceptors (Lipinski definition) is 5. The monoisotopic (exact) mass is 345 g/mol. The predicted molar refractivity (Wildman–Crippen MR) is 94.4 cm³/mol. The normalized spacial score (nSPS) is 31.5. The molecule has 6 heteroatoms. The van der Waals surface area contributed by atoms with Crippen LogP contribution in [-0.4, -0.2) is 43.9 Å². The Kier molecular flexibility index (Phi) is 5.20. The molecule has 4 rings (SSSR count). The molecule has 1 aromatic carbocycles. The predicted octanol–water partition coefficient (Wildman–Crippen LogP) is 1.62. The van der Waals surface area contributed by atoms with Gasteiger partial charge < -0.3 is 14.8 Å². The first-order valence-corrected chi connectivity index (χ1v) is 9.42. The molecule has 6 nitrogen and oxygen atoms in total. The van der Waals surface area contributed by atoms with Crippen molar-refractivity contribution >= 4 is 5.91 Å². The number of carbonyl (C=O) groups is 1. The van der Waals surface area contributed by atoms with Crippen LogP contribution in [0, 0.1) is 5.92 Å². The molecule has 0 bridgehead atoms. The van der Waals surface area contributed by atoms with Gasteiger partial charge in [-0.3, -0.25) is 15.6 Å². The summed E-state index contributed by atoms with van der Waals surface area (Å²) < 4.78 is 11.5. The van der Waals surface area contributed by atoms with Gasteiger partial charge in [0.25, 0.3) is 5.91 Å². The molecule has 2 aliphatic heterocycles. The molecule has 1 saturated carbocycles. The lowest BCUT2D eigenvalue weighted by molar-refractivity contribution is 0.0669. The van der Waals surface area contributed by atoms with E-state index in [-0.39, 0.29) is 18.1 Å². The maximum atomic E-state index is 12.8. The van der Waals surface area contributed by atoms with E-state index in [0.29, 0.717) is 29.9 Å². The maximum absolute atomic E-state index is 12.8. The van der Waals surface area contributed by atoms with Gasteiger partial charge in [0.1, 0.15) is 12.4 Å². The summed E-state index contributed by atoms with van der Waals surface area (Å²) in [6, 6.07) is 8.28. The number of para-hydroxylation sites is 1. The van der Waals surface area contributed by atoms with Crippen LogP contribution in [0.15, 0.2) is 24.3 Å². The average Bonchev–Trinajstić information content (AvgIpc) is 3.31. The van der Waals surface area contributed by atoms with E-state index in [1.165, 1.54) is 0 Å². The van der Waals surface area contributed by atoms with E-state index in [0.717, 1.165) is 45.3 Å². The van der Waals surface area contributed by atoms with Gasteiger partial charge >= 0.3 is 0 Å². The van der Waals surface area contributed by atoms with Crippen molar-refractivity contribution in [3.63, 3.8) is 0 Å². The van der Waals surface area contributed by atoms with Gasteiger partial charge in [0.2, 0.25) is 0 Å². The zero-order chi connectivity index (χ0) is 17.1. The maximum Gasteiger partial charge on any atom is 0.255 e. The van der Waals surface area contributed by atoms with Gasteiger partial charge in [0.15, 0.2) is 0 Å². The third-order valence-corrected chi connectivity index (χ3v) is 5.55. The second-order valence-corrected chi connectivity index (χ2v) is 7.32. The highest BCUT2D eigenvalue weighted by Gasteiger charge is 2.34. The first-order valence-electron chi connectivity index (χ1n) is 9.42. The number of hydrogen-bond donors (Lipinski definition) is 3. The van der Waals surface area contributed by atoms with E-state index in [1.807, 2.05) is 24.3 Å².